The summed E-state index contributed by atoms with van der Waals surface area (Å²) >= 11 is 3.41. The highest BCUT2D eigenvalue weighted by atomic mass is 79.9. The monoisotopic (exact) mass is 468 g/mol. The van der Waals surface area contributed by atoms with Gasteiger partial charge in [0.1, 0.15) is 0 Å². The van der Waals surface area contributed by atoms with Gasteiger partial charge in [0.15, 0.2) is 0 Å². The van der Waals surface area contributed by atoms with Crippen molar-refractivity contribution in [2.45, 2.75) is 44.7 Å². The largest absolute Gasteiger partial charge is 0.353 e. The van der Waals surface area contributed by atoms with Crippen LogP contribution in [0.3, 0.4) is 0 Å². The van der Waals surface area contributed by atoms with Crippen LogP contribution >= 0.6 is 15.9 Å². The van der Waals surface area contributed by atoms with Crippen LogP contribution in [0.15, 0.2) is 51.7 Å². The molecule has 0 spiro atoms. The Bertz CT molecular complexity index is 1130. The molecule has 1 fully saturated rings. The molecule has 3 aromatic rings. The molecule has 2 N–H and O–H groups in total. The van der Waals surface area contributed by atoms with E-state index in [4.69, 9.17) is 0 Å². The Balaban J connectivity index is 1.38. The number of benzene rings is 2. The van der Waals surface area contributed by atoms with E-state index >= 15 is 0 Å². The summed E-state index contributed by atoms with van der Waals surface area (Å²) in [7, 11) is 1.74. The summed E-state index contributed by atoms with van der Waals surface area (Å²) in [4.78, 5) is 29.8. The number of aromatic nitrogens is 2. The van der Waals surface area contributed by atoms with Crippen molar-refractivity contribution >= 4 is 38.7 Å². The van der Waals surface area contributed by atoms with Crippen molar-refractivity contribution < 1.29 is 4.79 Å². The fourth-order valence-corrected chi connectivity index (χ4v) is 4.27. The lowest BCUT2D eigenvalue weighted by Crippen LogP contribution is -2.40. The van der Waals surface area contributed by atoms with Gasteiger partial charge >= 0.3 is 0 Å². The zero-order valence-electron chi connectivity index (χ0n) is 17.1. The first-order valence-electron chi connectivity index (χ1n) is 10.2. The molecule has 1 heterocycles. The maximum absolute atomic E-state index is 12.7. The number of fused-ring (bicyclic) bond motifs is 1. The van der Waals surface area contributed by atoms with Crippen molar-refractivity contribution in [1.82, 2.24) is 14.9 Å². The molecule has 7 heteroatoms. The van der Waals surface area contributed by atoms with E-state index in [9.17, 15) is 9.59 Å². The molecule has 1 aromatic heterocycles. The van der Waals surface area contributed by atoms with Gasteiger partial charge in [0.25, 0.3) is 11.5 Å². The van der Waals surface area contributed by atoms with Gasteiger partial charge in [-0.3, -0.25) is 14.2 Å². The number of hydrogen-bond acceptors (Lipinski definition) is 4. The highest BCUT2D eigenvalue weighted by Crippen LogP contribution is 2.23. The Morgan fingerprint density at radius 1 is 1.07 bits per heavy atom. The number of nitrogens with zero attached hydrogens (tertiary/aromatic N) is 2. The van der Waals surface area contributed by atoms with Crippen molar-refractivity contribution in [3.8, 4) is 0 Å². The lowest BCUT2D eigenvalue weighted by molar-refractivity contribution is 0.0926. The predicted octanol–water partition coefficient (Wildman–Crippen LogP) is 4.16. The molecule has 0 radical (unpaired) electrons. The van der Waals surface area contributed by atoms with Gasteiger partial charge in [-0.2, -0.15) is 0 Å². The van der Waals surface area contributed by atoms with Gasteiger partial charge in [-0.1, -0.05) is 33.6 Å². The first-order valence-corrected chi connectivity index (χ1v) is 11.0. The Morgan fingerprint density at radius 3 is 2.43 bits per heavy atom. The van der Waals surface area contributed by atoms with Crippen molar-refractivity contribution in [2.24, 2.45) is 7.05 Å². The zero-order valence-corrected chi connectivity index (χ0v) is 18.7. The maximum atomic E-state index is 12.7. The number of halogens is 1. The first-order chi connectivity index (χ1) is 14.4. The second-order valence-corrected chi connectivity index (χ2v) is 8.91. The van der Waals surface area contributed by atoms with Crippen molar-refractivity contribution in [3.05, 3.63) is 68.4 Å². The summed E-state index contributed by atoms with van der Waals surface area (Å²) in [6, 6.07) is 13.6. The first kappa shape index (κ1) is 20.6. The minimum absolute atomic E-state index is 0.0174. The Labute approximate surface area is 183 Å². The summed E-state index contributed by atoms with van der Waals surface area (Å²) in [6.07, 6.45) is 3.60. The smallest absolute Gasteiger partial charge is 0.262 e. The van der Waals surface area contributed by atoms with Gasteiger partial charge in [0, 0.05) is 29.2 Å². The molecule has 0 saturated heterocycles. The lowest BCUT2D eigenvalue weighted by Gasteiger charge is -2.30. The van der Waals surface area contributed by atoms with Crippen LogP contribution < -0.4 is 16.2 Å². The second kappa shape index (κ2) is 8.60. The average molecular weight is 469 g/mol. The normalized spacial score (nSPS) is 18.9. The predicted molar refractivity (Wildman–Crippen MR) is 123 cm³/mol. The second-order valence-electron chi connectivity index (χ2n) is 7.99. The molecule has 1 amide bonds. The van der Waals surface area contributed by atoms with Gasteiger partial charge in [-0.15, -0.1) is 0 Å². The van der Waals surface area contributed by atoms with Crippen LogP contribution in [-0.2, 0) is 7.05 Å². The van der Waals surface area contributed by atoms with E-state index in [0.717, 1.165) is 35.7 Å². The van der Waals surface area contributed by atoms with Gasteiger partial charge in [-0.05, 0) is 62.9 Å². The molecule has 0 unspecified atom stereocenters. The molecular weight excluding hydrogens is 444 g/mol. The molecule has 0 aliphatic heterocycles. The summed E-state index contributed by atoms with van der Waals surface area (Å²) in [5.41, 5.74) is 2.45. The van der Waals surface area contributed by atoms with Gasteiger partial charge in [0.2, 0.25) is 5.95 Å². The van der Waals surface area contributed by atoms with Gasteiger partial charge < -0.3 is 10.6 Å². The Hall–Kier alpha value is -2.67. The van der Waals surface area contributed by atoms with Crippen molar-refractivity contribution in [1.29, 1.82) is 0 Å². The van der Waals surface area contributed by atoms with Crippen LogP contribution in [0.4, 0.5) is 5.95 Å². The van der Waals surface area contributed by atoms with Crippen LogP contribution in [0.5, 0.6) is 0 Å². The molecular formula is C23H25BrN4O2. The molecule has 1 aliphatic rings. The summed E-state index contributed by atoms with van der Waals surface area (Å²) < 4.78 is 2.43. The van der Waals surface area contributed by atoms with Crippen LogP contribution in [0.25, 0.3) is 10.9 Å². The molecule has 2 aromatic carbocycles. The lowest BCUT2D eigenvalue weighted by atomic mass is 9.91. The Kier molecular flexibility index (Phi) is 5.90. The van der Waals surface area contributed by atoms with Crippen LogP contribution in [0, 0.1) is 6.92 Å². The van der Waals surface area contributed by atoms with Crippen LogP contribution in [0.1, 0.15) is 41.6 Å². The molecule has 1 aliphatic carbocycles. The van der Waals surface area contributed by atoms with Crippen molar-refractivity contribution in [3.63, 3.8) is 0 Å². The summed E-state index contributed by atoms with van der Waals surface area (Å²) in [5.74, 6) is 0.568. The topological polar surface area (TPSA) is 76.0 Å². The van der Waals surface area contributed by atoms with Gasteiger partial charge in [-0.25, -0.2) is 4.98 Å². The zero-order chi connectivity index (χ0) is 21.3. The molecule has 156 valence electrons. The third-order valence-electron chi connectivity index (χ3n) is 5.75. The number of hydrogen-bond donors (Lipinski definition) is 2. The third kappa shape index (κ3) is 4.41. The van der Waals surface area contributed by atoms with Gasteiger partial charge in [0.05, 0.1) is 10.9 Å². The number of rotatable bonds is 4. The van der Waals surface area contributed by atoms with E-state index in [0.29, 0.717) is 22.4 Å². The molecule has 30 heavy (non-hydrogen) atoms. The van der Waals surface area contributed by atoms with E-state index < -0.39 is 0 Å². The number of anilines is 1. The minimum atomic E-state index is -0.0668. The minimum Gasteiger partial charge on any atom is -0.353 e. The Morgan fingerprint density at radius 2 is 1.73 bits per heavy atom. The number of nitrogens with one attached hydrogen (secondary N) is 2. The number of carbonyl (C=O) groups is 1. The molecule has 6 nitrogen and oxygen atoms in total. The number of amides is 1. The highest BCUT2D eigenvalue weighted by molar-refractivity contribution is 9.10. The molecule has 0 atom stereocenters. The highest BCUT2D eigenvalue weighted by Gasteiger charge is 2.24. The number of aryl methyl sites for hydroxylation is 1. The fraction of sp³-hybridized carbons (Fsp3) is 0.348. The van der Waals surface area contributed by atoms with E-state index in [1.807, 2.05) is 43.3 Å². The average Bonchev–Trinajstić information content (AvgIpc) is 2.74. The summed E-state index contributed by atoms with van der Waals surface area (Å²) in [5, 5.41) is 7.18. The summed E-state index contributed by atoms with van der Waals surface area (Å²) in [6.45, 7) is 2.01. The standard InChI is InChI=1S/C23H25BrN4O2/c1-14-3-5-15(6-4-14)21(29)25-17-8-10-18(11-9-17)26-23-27-20-12-7-16(24)13-19(20)22(30)28(23)2/h3-7,12-13,17-18H,8-11H2,1-2H3,(H,25,29)(H,26,27). The maximum Gasteiger partial charge on any atom is 0.262 e. The van der Waals surface area contributed by atoms with E-state index in [2.05, 4.69) is 31.5 Å². The molecule has 4 rings (SSSR count). The van der Waals surface area contributed by atoms with Crippen LogP contribution in [0.2, 0.25) is 0 Å². The molecule has 1 saturated carbocycles. The van der Waals surface area contributed by atoms with Crippen LogP contribution in [-0.4, -0.2) is 27.5 Å². The van der Waals surface area contributed by atoms with Crippen molar-refractivity contribution in [2.75, 3.05) is 5.32 Å². The SMILES string of the molecule is Cc1ccc(C(=O)NC2CCC(Nc3nc4ccc(Br)cc4c(=O)n3C)CC2)cc1. The molecule has 0 bridgehead atoms. The van der Waals surface area contributed by atoms with E-state index in [1.165, 1.54) is 0 Å². The quantitative estimate of drug-likeness (QED) is 0.602. The van der Waals surface area contributed by atoms with E-state index in [1.54, 1.807) is 17.7 Å². The fourth-order valence-electron chi connectivity index (χ4n) is 3.91. The van der Waals surface area contributed by atoms with E-state index in [-0.39, 0.29) is 23.6 Å². The number of carbonyl (C=O) groups excluding carboxylic acids is 1. The third-order valence-corrected chi connectivity index (χ3v) is 6.24.